The van der Waals surface area contributed by atoms with Gasteiger partial charge < -0.3 is 5.32 Å². The maximum atomic E-state index is 12.0. The number of halogens is 1. The van der Waals surface area contributed by atoms with Gasteiger partial charge in [0.1, 0.15) is 0 Å². The van der Waals surface area contributed by atoms with E-state index in [0.717, 1.165) is 5.56 Å². The number of nitro benzene ring substituents is 1. The Hall–Kier alpha value is -2.05. The first-order valence-electron chi connectivity index (χ1n) is 6.84. The average molecular weight is 351 g/mol. The van der Waals surface area contributed by atoms with E-state index in [-0.39, 0.29) is 17.3 Å². The van der Waals surface area contributed by atoms with Crippen LogP contribution in [0.25, 0.3) is 0 Å². The molecule has 2 aromatic rings. The summed E-state index contributed by atoms with van der Waals surface area (Å²) in [5, 5.41) is 14.3. The molecule has 5 nitrogen and oxygen atoms in total. The molecule has 0 bridgehead atoms. The first kappa shape index (κ1) is 17.3. The largest absolute Gasteiger partial charge is 0.325 e. The Morgan fingerprint density at radius 3 is 2.70 bits per heavy atom. The van der Waals surface area contributed by atoms with E-state index >= 15 is 0 Å². The van der Waals surface area contributed by atoms with Crippen LogP contribution in [0.1, 0.15) is 11.1 Å². The summed E-state index contributed by atoms with van der Waals surface area (Å²) in [6, 6.07) is 12.1. The van der Waals surface area contributed by atoms with Gasteiger partial charge in [-0.2, -0.15) is 0 Å². The van der Waals surface area contributed by atoms with Gasteiger partial charge in [-0.05, 0) is 24.6 Å². The van der Waals surface area contributed by atoms with Crippen LogP contribution in [0.15, 0.2) is 42.5 Å². The number of benzene rings is 2. The summed E-state index contributed by atoms with van der Waals surface area (Å²) in [6.07, 6.45) is 0. The average Bonchev–Trinajstić information content (AvgIpc) is 2.51. The highest BCUT2D eigenvalue weighted by molar-refractivity contribution is 7.99. The fourth-order valence-corrected chi connectivity index (χ4v) is 3.13. The van der Waals surface area contributed by atoms with Crippen LogP contribution in [0.5, 0.6) is 0 Å². The lowest BCUT2D eigenvalue weighted by Gasteiger charge is -2.09. The first-order chi connectivity index (χ1) is 11.0. The number of nitrogens with one attached hydrogen (secondary N) is 1. The van der Waals surface area contributed by atoms with E-state index in [1.165, 1.54) is 17.8 Å². The van der Waals surface area contributed by atoms with Crippen LogP contribution in [0.2, 0.25) is 5.02 Å². The zero-order valence-electron chi connectivity index (χ0n) is 12.4. The monoisotopic (exact) mass is 350 g/mol. The molecule has 23 heavy (non-hydrogen) atoms. The van der Waals surface area contributed by atoms with Gasteiger partial charge in [0, 0.05) is 16.8 Å². The quantitative estimate of drug-likeness (QED) is 0.618. The van der Waals surface area contributed by atoms with Crippen LogP contribution in [0, 0.1) is 17.0 Å². The summed E-state index contributed by atoms with van der Waals surface area (Å²) in [5.41, 5.74) is 1.87. The number of nitrogens with zero attached hydrogens (tertiary/aromatic N) is 1. The molecule has 0 fully saturated rings. The number of thioether (sulfide) groups is 1. The molecule has 0 unspecified atom stereocenters. The van der Waals surface area contributed by atoms with Crippen LogP contribution in [0.3, 0.4) is 0 Å². The van der Waals surface area contributed by atoms with E-state index in [0.29, 0.717) is 22.0 Å². The van der Waals surface area contributed by atoms with Crippen molar-refractivity contribution in [3.63, 3.8) is 0 Å². The first-order valence-corrected chi connectivity index (χ1v) is 8.37. The number of hydrogen-bond donors (Lipinski definition) is 1. The highest BCUT2D eigenvalue weighted by Crippen LogP contribution is 2.25. The van der Waals surface area contributed by atoms with Gasteiger partial charge in [0.15, 0.2) is 0 Å². The van der Waals surface area contributed by atoms with Gasteiger partial charge in [-0.3, -0.25) is 14.9 Å². The number of carbonyl (C=O) groups is 1. The molecule has 0 aliphatic heterocycles. The number of hydrogen-bond acceptors (Lipinski definition) is 4. The van der Waals surface area contributed by atoms with E-state index < -0.39 is 4.92 Å². The van der Waals surface area contributed by atoms with E-state index in [1.54, 1.807) is 19.1 Å². The van der Waals surface area contributed by atoms with Crippen molar-refractivity contribution in [1.29, 1.82) is 0 Å². The van der Waals surface area contributed by atoms with Crippen molar-refractivity contribution >= 4 is 40.6 Å². The predicted octanol–water partition coefficient (Wildman–Crippen LogP) is 4.43. The summed E-state index contributed by atoms with van der Waals surface area (Å²) in [5.74, 6) is 0.666. The molecule has 0 aromatic heterocycles. The minimum Gasteiger partial charge on any atom is -0.325 e. The Kier molecular flexibility index (Phi) is 6.01. The van der Waals surface area contributed by atoms with Gasteiger partial charge >= 0.3 is 0 Å². The van der Waals surface area contributed by atoms with Crippen molar-refractivity contribution in [1.82, 2.24) is 0 Å². The van der Waals surface area contributed by atoms with Crippen LogP contribution >= 0.6 is 23.4 Å². The maximum Gasteiger partial charge on any atom is 0.274 e. The van der Waals surface area contributed by atoms with Crippen LogP contribution < -0.4 is 5.32 Å². The molecule has 0 atom stereocenters. The van der Waals surface area contributed by atoms with E-state index in [9.17, 15) is 14.9 Å². The summed E-state index contributed by atoms with van der Waals surface area (Å²) in [6.45, 7) is 1.62. The number of amides is 1. The fourth-order valence-electron chi connectivity index (χ4n) is 2.01. The minimum atomic E-state index is -0.461. The van der Waals surface area contributed by atoms with Gasteiger partial charge in [0.2, 0.25) is 5.91 Å². The Bertz CT molecular complexity index is 737. The zero-order chi connectivity index (χ0) is 16.8. The molecule has 0 aliphatic rings. The summed E-state index contributed by atoms with van der Waals surface area (Å²) in [4.78, 5) is 22.4. The number of carbonyl (C=O) groups excluding carboxylic acids is 1. The summed E-state index contributed by atoms with van der Waals surface area (Å²) in [7, 11) is 0. The van der Waals surface area contributed by atoms with Crippen molar-refractivity contribution in [2.24, 2.45) is 0 Å². The SMILES string of the molecule is Cc1c(NC(=O)CSCc2ccccc2Cl)cccc1[N+](=O)[O-]. The number of nitro groups is 1. The molecular weight excluding hydrogens is 336 g/mol. The fraction of sp³-hybridized carbons (Fsp3) is 0.188. The standard InChI is InChI=1S/C16H15ClN2O3S/c1-11-14(7-4-8-15(11)19(21)22)18-16(20)10-23-9-12-5-2-3-6-13(12)17/h2-8H,9-10H2,1H3,(H,18,20). The van der Waals surface area contributed by atoms with Crippen molar-refractivity contribution in [2.75, 3.05) is 11.1 Å². The highest BCUT2D eigenvalue weighted by Gasteiger charge is 2.14. The Labute approximate surface area is 143 Å². The molecule has 2 rings (SSSR count). The highest BCUT2D eigenvalue weighted by atomic mass is 35.5. The molecule has 0 heterocycles. The smallest absolute Gasteiger partial charge is 0.274 e. The lowest BCUT2D eigenvalue weighted by Crippen LogP contribution is -2.15. The van der Waals surface area contributed by atoms with Crippen molar-refractivity contribution < 1.29 is 9.72 Å². The topological polar surface area (TPSA) is 72.2 Å². The Morgan fingerprint density at radius 2 is 2.00 bits per heavy atom. The minimum absolute atomic E-state index is 0.00785. The molecular formula is C16H15ClN2O3S. The van der Waals surface area contributed by atoms with Crippen molar-refractivity contribution in [2.45, 2.75) is 12.7 Å². The van der Waals surface area contributed by atoms with Crippen LogP contribution in [-0.2, 0) is 10.5 Å². The lowest BCUT2D eigenvalue weighted by atomic mass is 10.1. The normalized spacial score (nSPS) is 10.3. The second-order valence-corrected chi connectivity index (χ2v) is 6.23. The van der Waals surface area contributed by atoms with Crippen molar-refractivity contribution in [3.05, 3.63) is 68.7 Å². The maximum absolute atomic E-state index is 12.0. The van der Waals surface area contributed by atoms with E-state index in [1.807, 2.05) is 24.3 Å². The molecule has 2 aromatic carbocycles. The van der Waals surface area contributed by atoms with Crippen molar-refractivity contribution in [3.8, 4) is 0 Å². The van der Waals surface area contributed by atoms with Gasteiger partial charge in [-0.1, -0.05) is 35.9 Å². The second kappa shape index (κ2) is 7.99. The summed E-state index contributed by atoms with van der Waals surface area (Å²) >= 11 is 7.49. The molecule has 0 spiro atoms. The van der Waals surface area contributed by atoms with Gasteiger partial charge in [-0.15, -0.1) is 11.8 Å². The number of anilines is 1. The lowest BCUT2D eigenvalue weighted by molar-refractivity contribution is -0.385. The molecule has 0 aliphatic carbocycles. The number of rotatable bonds is 6. The Balaban J connectivity index is 1.92. The van der Waals surface area contributed by atoms with E-state index in [2.05, 4.69) is 5.32 Å². The third-order valence-electron chi connectivity index (χ3n) is 3.22. The molecule has 0 saturated carbocycles. The third-order valence-corrected chi connectivity index (χ3v) is 4.57. The third kappa shape index (κ3) is 4.71. The molecule has 1 amide bonds. The summed E-state index contributed by atoms with van der Waals surface area (Å²) < 4.78 is 0. The van der Waals surface area contributed by atoms with Gasteiger partial charge in [-0.25, -0.2) is 0 Å². The predicted molar refractivity (Wildman–Crippen MR) is 94.1 cm³/mol. The van der Waals surface area contributed by atoms with Gasteiger partial charge in [0.25, 0.3) is 5.69 Å². The molecule has 0 saturated heterocycles. The molecule has 120 valence electrons. The molecule has 7 heteroatoms. The zero-order valence-corrected chi connectivity index (χ0v) is 14.0. The van der Waals surface area contributed by atoms with E-state index in [4.69, 9.17) is 11.6 Å². The molecule has 0 radical (unpaired) electrons. The second-order valence-electron chi connectivity index (χ2n) is 4.84. The Morgan fingerprint density at radius 1 is 1.26 bits per heavy atom. The van der Waals surface area contributed by atoms with Crippen LogP contribution in [0.4, 0.5) is 11.4 Å². The van der Waals surface area contributed by atoms with Gasteiger partial charge in [0.05, 0.1) is 21.9 Å². The molecule has 1 N–H and O–H groups in total. The van der Waals surface area contributed by atoms with Crippen LogP contribution in [-0.4, -0.2) is 16.6 Å².